The second-order valence-electron chi connectivity index (χ2n) is 4.38. The largest absolute Gasteiger partial charge is 0.394 e. The van der Waals surface area contributed by atoms with E-state index in [2.05, 4.69) is 21.8 Å². The number of hydrogen-bond acceptors (Lipinski definition) is 5. The molecule has 1 saturated heterocycles. The number of ether oxygens (including phenoxy) is 1. The third-order valence-electron chi connectivity index (χ3n) is 2.95. The first-order valence-electron chi connectivity index (χ1n) is 6.23. The van der Waals surface area contributed by atoms with Crippen molar-refractivity contribution in [1.29, 1.82) is 0 Å². The van der Waals surface area contributed by atoms with Crippen molar-refractivity contribution in [2.45, 2.75) is 32.3 Å². The molecule has 2 rings (SSSR count). The van der Waals surface area contributed by atoms with Gasteiger partial charge in [0.1, 0.15) is 6.33 Å². The van der Waals surface area contributed by atoms with Gasteiger partial charge in [0.05, 0.1) is 18.0 Å². The van der Waals surface area contributed by atoms with Gasteiger partial charge in [0.15, 0.2) is 5.82 Å². The maximum absolute atomic E-state index is 5.89. The van der Waals surface area contributed by atoms with Crippen LogP contribution in [0.5, 0.6) is 0 Å². The van der Waals surface area contributed by atoms with Crippen LogP contribution >= 0.6 is 0 Å². The van der Waals surface area contributed by atoms with Crippen molar-refractivity contribution in [3.05, 3.63) is 12.5 Å². The molecule has 1 atom stereocenters. The number of nitrogen functional groups attached to an aromatic ring is 1. The fourth-order valence-electron chi connectivity index (χ4n) is 2.15. The first-order valence-corrected chi connectivity index (χ1v) is 6.23. The quantitative estimate of drug-likeness (QED) is 0.857. The van der Waals surface area contributed by atoms with Crippen LogP contribution in [-0.4, -0.2) is 35.8 Å². The van der Waals surface area contributed by atoms with Gasteiger partial charge in [0.25, 0.3) is 0 Å². The first-order chi connectivity index (χ1) is 8.31. The van der Waals surface area contributed by atoms with Crippen molar-refractivity contribution in [2.24, 2.45) is 0 Å². The number of rotatable bonds is 4. The molecule has 2 N–H and O–H groups in total. The van der Waals surface area contributed by atoms with Crippen molar-refractivity contribution in [2.75, 3.05) is 30.3 Å². The van der Waals surface area contributed by atoms with E-state index >= 15 is 0 Å². The summed E-state index contributed by atoms with van der Waals surface area (Å²) in [6.45, 7) is 4.83. The van der Waals surface area contributed by atoms with Gasteiger partial charge < -0.3 is 15.4 Å². The number of hydrogen-bond donors (Lipinski definition) is 1. The van der Waals surface area contributed by atoms with E-state index in [1.54, 1.807) is 12.5 Å². The van der Waals surface area contributed by atoms with E-state index in [0.29, 0.717) is 11.8 Å². The number of nitrogens with two attached hydrogens (primary N) is 1. The normalized spacial score (nSPS) is 20.5. The van der Waals surface area contributed by atoms with Crippen molar-refractivity contribution >= 4 is 11.5 Å². The summed E-state index contributed by atoms with van der Waals surface area (Å²) >= 11 is 0. The van der Waals surface area contributed by atoms with Gasteiger partial charge in [-0.1, -0.05) is 6.92 Å². The molecule has 5 nitrogen and oxygen atoms in total. The molecule has 1 aliphatic heterocycles. The van der Waals surface area contributed by atoms with E-state index in [-0.39, 0.29) is 0 Å². The zero-order valence-corrected chi connectivity index (χ0v) is 10.3. The Labute approximate surface area is 102 Å². The number of anilines is 2. The van der Waals surface area contributed by atoms with E-state index in [0.717, 1.165) is 44.8 Å². The average molecular weight is 236 g/mol. The van der Waals surface area contributed by atoms with E-state index < -0.39 is 0 Å². The third kappa shape index (κ3) is 3.06. The summed E-state index contributed by atoms with van der Waals surface area (Å²) < 4.78 is 5.80. The zero-order chi connectivity index (χ0) is 12.1. The highest BCUT2D eigenvalue weighted by molar-refractivity contribution is 5.61. The Bertz CT molecular complexity index is 358. The highest BCUT2D eigenvalue weighted by Crippen LogP contribution is 2.23. The van der Waals surface area contributed by atoms with Crippen LogP contribution < -0.4 is 10.6 Å². The molecule has 0 bridgehead atoms. The van der Waals surface area contributed by atoms with Crippen LogP contribution in [0, 0.1) is 0 Å². The van der Waals surface area contributed by atoms with Crippen LogP contribution in [0.1, 0.15) is 26.2 Å². The van der Waals surface area contributed by atoms with Gasteiger partial charge in [-0.15, -0.1) is 0 Å². The van der Waals surface area contributed by atoms with E-state index in [1.165, 1.54) is 0 Å². The summed E-state index contributed by atoms with van der Waals surface area (Å²) in [6.07, 6.45) is 6.81. The van der Waals surface area contributed by atoms with Crippen LogP contribution in [0.2, 0.25) is 0 Å². The van der Waals surface area contributed by atoms with E-state index in [1.807, 2.05) is 0 Å². The van der Waals surface area contributed by atoms with Crippen molar-refractivity contribution in [1.82, 2.24) is 9.97 Å². The maximum atomic E-state index is 5.89. The molecule has 17 heavy (non-hydrogen) atoms. The van der Waals surface area contributed by atoms with Crippen LogP contribution in [-0.2, 0) is 4.74 Å². The molecule has 94 valence electrons. The second-order valence-corrected chi connectivity index (χ2v) is 4.38. The second kappa shape index (κ2) is 5.82. The minimum atomic E-state index is 0.304. The highest BCUT2D eigenvalue weighted by atomic mass is 16.5. The van der Waals surface area contributed by atoms with Crippen molar-refractivity contribution in [3.63, 3.8) is 0 Å². The van der Waals surface area contributed by atoms with Crippen LogP contribution in [0.25, 0.3) is 0 Å². The fraction of sp³-hybridized carbons (Fsp3) is 0.667. The molecule has 0 radical (unpaired) electrons. The lowest BCUT2D eigenvalue weighted by atomic mass is 10.1. The number of aromatic nitrogens is 2. The Balaban J connectivity index is 1.99. The van der Waals surface area contributed by atoms with Crippen LogP contribution in [0.15, 0.2) is 12.5 Å². The zero-order valence-electron chi connectivity index (χ0n) is 10.3. The minimum absolute atomic E-state index is 0.304. The Morgan fingerprint density at radius 1 is 1.59 bits per heavy atom. The monoisotopic (exact) mass is 236 g/mol. The van der Waals surface area contributed by atoms with Gasteiger partial charge >= 0.3 is 0 Å². The standard InChI is InChI=1S/C12H20N4O/c1-2-6-17-10-4-3-5-16(8-10)12-11(13)7-14-9-15-12/h7,9-10H,2-6,8,13H2,1H3. The molecular weight excluding hydrogens is 216 g/mol. The number of nitrogens with zero attached hydrogens (tertiary/aromatic N) is 3. The summed E-state index contributed by atoms with van der Waals surface area (Å²) in [5.41, 5.74) is 6.53. The van der Waals surface area contributed by atoms with Gasteiger partial charge in [0.2, 0.25) is 0 Å². The van der Waals surface area contributed by atoms with Gasteiger partial charge in [-0.2, -0.15) is 0 Å². The van der Waals surface area contributed by atoms with Crippen molar-refractivity contribution < 1.29 is 4.74 Å². The van der Waals surface area contributed by atoms with Gasteiger partial charge in [-0.05, 0) is 19.3 Å². The Hall–Kier alpha value is -1.36. The topological polar surface area (TPSA) is 64.3 Å². The van der Waals surface area contributed by atoms with Crippen molar-refractivity contribution in [3.8, 4) is 0 Å². The summed E-state index contributed by atoms with van der Waals surface area (Å²) in [6, 6.07) is 0. The molecule has 0 amide bonds. The molecule has 5 heteroatoms. The summed E-state index contributed by atoms with van der Waals surface area (Å²) in [4.78, 5) is 10.4. The summed E-state index contributed by atoms with van der Waals surface area (Å²) in [5, 5.41) is 0. The van der Waals surface area contributed by atoms with Crippen LogP contribution in [0.3, 0.4) is 0 Å². The Kier molecular flexibility index (Phi) is 4.14. The van der Waals surface area contributed by atoms with Gasteiger partial charge in [-0.3, -0.25) is 0 Å². The predicted octanol–water partition coefficient (Wildman–Crippen LogP) is 1.45. The van der Waals surface area contributed by atoms with Gasteiger partial charge in [0, 0.05) is 19.7 Å². The summed E-state index contributed by atoms with van der Waals surface area (Å²) in [7, 11) is 0. The molecule has 0 saturated carbocycles. The molecule has 1 fully saturated rings. The highest BCUT2D eigenvalue weighted by Gasteiger charge is 2.22. The Morgan fingerprint density at radius 3 is 3.24 bits per heavy atom. The molecule has 1 aromatic rings. The molecule has 0 spiro atoms. The summed E-state index contributed by atoms with van der Waals surface area (Å²) in [5.74, 6) is 0.838. The molecule has 1 aromatic heterocycles. The van der Waals surface area contributed by atoms with E-state index in [4.69, 9.17) is 10.5 Å². The molecule has 1 unspecified atom stereocenters. The molecule has 0 aromatic carbocycles. The van der Waals surface area contributed by atoms with Gasteiger partial charge in [-0.25, -0.2) is 9.97 Å². The predicted molar refractivity (Wildman–Crippen MR) is 67.9 cm³/mol. The fourth-order valence-corrected chi connectivity index (χ4v) is 2.15. The molecular formula is C12H20N4O. The molecule has 2 heterocycles. The molecule has 0 aliphatic carbocycles. The smallest absolute Gasteiger partial charge is 0.155 e. The first kappa shape index (κ1) is 12.1. The minimum Gasteiger partial charge on any atom is -0.394 e. The van der Waals surface area contributed by atoms with Crippen LogP contribution in [0.4, 0.5) is 11.5 Å². The third-order valence-corrected chi connectivity index (χ3v) is 2.95. The SMILES string of the molecule is CCCOC1CCCN(c2ncncc2N)C1. The maximum Gasteiger partial charge on any atom is 0.155 e. The Morgan fingerprint density at radius 2 is 2.47 bits per heavy atom. The molecule has 1 aliphatic rings. The lowest BCUT2D eigenvalue weighted by molar-refractivity contribution is 0.0439. The lowest BCUT2D eigenvalue weighted by Gasteiger charge is -2.33. The van der Waals surface area contributed by atoms with E-state index in [9.17, 15) is 0 Å². The average Bonchev–Trinajstić information content (AvgIpc) is 2.37. The number of piperidine rings is 1. The lowest BCUT2D eigenvalue weighted by Crippen LogP contribution is -2.40.